The number of carbonyl (C=O) groups excluding carboxylic acids is 1. The molecule has 1 aliphatic heterocycles. The quantitative estimate of drug-likeness (QED) is 0.609. The monoisotopic (exact) mass is 340 g/mol. The van der Waals surface area contributed by atoms with Crippen LogP contribution in [0.5, 0.6) is 0 Å². The van der Waals surface area contributed by atoms with Gasteiger partial charge in [-0.05, 0) is 43.5 Å². The van der Waals surface area contributed by atoms with Crippen LogP contribution in [0.2, 0.25) is 5.02 Å². The van der Waals surface area contributed by atoms with Crippen molar-refractivity contribution >= 4 is 23.6 Å². The van der Waals surface area contributed by atoms with Gasteiger partial charge in [-0.25, -0.2) is 0 Å². The smallest absolute Gasteiger partial charge is 0.264 e. The van der Waals surface area contributed by atoms with Crippen LogP contribution < -0.4 is 0 Å². The molecule has 1 aliphatic rings. The van der Waals surface area contributed by atoms with Crippen LogP contribution in [0.4, 0.5) is 0 Å². The SMILES string of the molecule is N#CC(=Cc1ccc(-c2ccccc2Cl)o1)C(=O)N1CCCCC1. The van der Waals surface area contributed by atoms with E-state index >= 15 is 0 Å². The zero-order chi connectivity index (χ0) is 16.9. The summed E-state index contributed by atoms with van der Waals surface area (Å²) in [4.78, 5) is 14.2. The summed E-state index contributed by atoms with van der Waals surface area (Å²) in [6, 6.07) is 12.9. The lowest BCUT2D eigenvalue weighted by Crippen LogP contribution is -2.36. The van der Waals surface area contributed by atoms with Crippen LogP contribution in [-0.4, -0.2) is 23.9 Å². The van der Waals surface area contributed by atoms with E-state index < -0.39 is 0 Å². The molecule has 24 heavy (non-hydrogen) atoms. The molecule has 2 aromatic rings. The van der Waals surface area contributed by atoms with Crippen LogP contribution in [0, 0.1) is 11.3 Å². The summed E-state index contributed by atoms with van der Waals surface area (Å²) in [5, 5.41) is 9.92. The molecule has 0 atom stereocenters. The van der Waals surface area contributed by atoms with E-state index in [0.29, 0.717) is 29.6 Å². The third-order valence-corrected chi connectivity index (χ3v) is 4.38. The number of furan rings is 1. The van der Waals surface area contributed by atoms with Gasteiger partial charge in [0.1, 0.15) is 23.2 Å². The largest absolute Gasteiger partial charge is 0.457 e. The third kappa shape index (κ3) is 3.52. The van der Waals surface area contributed by atoms with Crippen molar-refractivity contribution in [3.05, 3.63) is 52.8 Å². The van der Waals surface area contributed by atoms with Gasteiger partial charge in [-0.3, -0.25) is 4.79 Å². The van der Waals surface area contributed by atoms with E-state index in [9.17, 15) is 10.1 Å². The second kappa shape index (κ2) is 7.37. The van der Waals surface area contributed by atoms with Gasteiger partial charge in [-0.2, -0.15) is 5.26 Å². The van der Waals surface area contributed by atoms with Gasteiger partial charge in [0.2, 0.25) is 0 Å². The van der Waals surface area contributed by atoms with Gasteiger partial charge in [-0.1, -0.05) is 23.7 Å². The van der Waals surface area contributed by atoms with Crippen molar-refractivity contribution < 1.29 is 9.21 Å². The summed E-state index contributed by atoms with van der Waals surface area (Å²) in [6.07, 6.45) is 4.61. The van der Waals surface area contributed by atoms with Gasteiger partial charge < -0.3 is 9.32 Å². The van der Waals surface area contributed by atoms with Gasteiger partial charge in [0, 0.05) is 24.7 Å². The molecular formula is C19H17ClN2O2. The minimum atomic E-state index is -0.229. The van der Waals surface area contributed by atoms with Crippen LogP contribution in [0.25, 0.3) is 17.4 Å². The van der Waals surface area contributed by atoms with Crippen molar-refractivity contribution in [1.29, 1.82) is 5.26 Å². The zero-order valence-corrected chi connectivity index (χ0v) is 13.9. The average molecular weight is 341 g/mol. The Kier molecular flexibility index (Phi) is 5.02. The second-order valence-electron chi connectivity index (χ2n) is 5.70. The average Bonchev–Trinajstić information content (AvgIpc) is 3.08. The highest BCUT2D eigenvalue weighted by Gasteiger charge is 2.20. The van der Waals surface area contributed by atoms with Gasteiger partial charge in [0.25, 0.3) is 5.91 Å². The number of hydrogen-bond donors (Lipinski definition) is 0. The molecule has 0 unspecified atom stereocenters. The van der Waals surface area contributed by atoms with E-state index in [4.69, 9.17) is 16.0 Å². The van der Waals surface area contributed by atoms with Gasteiger partial charge >= 0.3 is 0 Å². The predicted octanol–water partition coefficient (Wildman–Crippen LogP) is 4.52. The minimum Gasteiger partial charge on any atom is -0.457 e. The molecule has 0 bridgehead atoms. The molecule has 4 nitrogen and oxygen atoms in total. The Morgan fingerprint density at radius 3 is 2.62 bits per heavy atom. The zero-order valence-electron chi connectivity index (χ0n) is 13.2. The maximum Gasteiger partial charge on any atom is 0.264 e. The number of amides is 1. The lowest BCUT2D eigenvalue weighted by atomic mass is 10.1. The summed E-state index contributed by atoms with van der Waals surface area (Å²) in [6.45, 7) is 1.42. The first-order valence-corrected chi connectivity index (χ1v) is 8.32. The molecule has 1 aromatic heterocycles. The summed E-state index contributed by atoms with van der Waals surface area (Å²) in [5.41, 5.74) is 0.872. The number of likely N-dealkylation sites (tertiary alicyclic amines) is 1. The van der Waals surface area contributed by atoms with Gasteiger partial charge in [0.15, 0.2) is 0 Å². The Hall–Kier alpha value is -2.51. The number of nitrogens with zero attached hydrogens (tertiary/aromatic N) is 2. The Morgan fingerprint density at radius 1 is 1.17 bits per heavy atom. The number of benzene rings is 1. The van der Waals surface area contributed by atoms with Crippen molar-refractivity contribution in [3.8, 4) is 17.4 Å². The van der Waals surface area contributed by atoms with Crippen molar-refractivity contribution in [2.75, 3.05) is 13.1 Å². The summed E-state index contributed by atoms with van der Waals surface area (Å²) < 4.78 is 5.74. The van der Waals surface area contributed by atoms with Crippen molar-refractivity contribution in [3.63, 3.8) is 0 Å². The van der Waals surface area contributed by atoms with Gasteiger partial charge in [0.05, 0.1) is 5.02 Å². The number of hydrogen-bond acceptors (Lipinski definition) is 3. The first-order valence-electron chi connectivity index (χ1n) is 7.95. The summed E-state index contributed by atoms with van der Waals surface area (Å²) >= 11 is 6.16. The highest BCUT2D eigenvalue weighted by atomic mass is 35.5. The highest BCUT2D eigenvalue weighted by molar-refractivity contribution is 6.33. The number of halogens is 1. The molecule has 0 spiro atoms. The Labute approximate surface area is 145 Å². The third-order valence-electron chi connectivity index (χ3n) is 4.05. The van der Waals surface area contributed by atoms with Gasteiger partial charge in [-0.15, -0.1) is 0 Å². The molecular weight excluding hydrogens is 324 g/mol. The lowest BCUT2D eigenvalue weighted by Gasteiger charge is -2.26. The van der Waals surface area contributed by atoms with E-state index in [1.807, 2.05) is 24.3 Å². The van der Waals surface area contributed by atoms with E-state index in [0.717, 1.165) is 24.8 Å². The Morgan fingerprint density at radius 2 is 1.92 bits per heavy atom. The molecule has 1 aromatic carbocycles. The molecule has 1 saturated heterocycles. The Bertz CT molecular complexity index is 811. The molecule has 0 N–H and O–H groups in total. The minimum absolute atomic E-state index is 0.0944. The standard InChI is InChI=1S/C19H17ClN2O2/c20-17-7-3-2-6-16(17)18-9-8-15(24-18)12-14(13-21)19(23)22-10-4-1-5-11-22/h2-3,6-9,12H,1,4-5,10-11H2. The first-order chi connectivity index (χ1) is 11.7. The number of nitriles is 1. The van der Waals surface area contributed by atoms with E-state index in [2.05, 4.69) is 0 Å². The van der Waals surface area contributed by atoms with Crippen LogP contribution in [0.3, 0.4) is 0 Å². The van der Waals surface area contributed by atoms with E-state index in [1.54, 1.807) is 23.1 Å². The highest BCUT2D eigenvalue weighted by Crippen LogP contribution is 2.29. The maximum atomic E-state index is 12.4. The fraction of sp³-hybridized carbons (Fsp3) is 0.263. The molecule has 122 valence electrons. The molecule has 3 rings (SSSR count). The number of carbonyl (C=O) groups is 1. The molecule has 1 amide bonds. The molecule has 0 radical (unpaired) electrons. The maximum absolute atomic E-state index is 12.4. The Balaban J connectivity index is 1.83. The second-order valence-corrected chi connectivity index (χ2v) is 6.11. The molecule has 1 fully saturated rings. The topological polar surface area (TPSA) is 57.2 Å². The number of piperidine rings is 1. The van der Waals surface area contributed by atoms with Crippen LogP contribution in [0.1, 0.15) is 25.0 Å². The predicted molar refractivity (Wildman–Crippen MR) is 93.2 cm³/mol. The van der Waals surface area contributed by atoms with Crippen LogP contribution in [0.15, 0.2) is 46.4 Å². The van der Waals surface area contributed by atoms with Crippen molar-refractivity contribution in [2.45, 2.75) is 19.3 Å². The van der Waals surface area contributed by atoms with E-state index in [1.165, 1.54) is 6.08 Å². The van der Waals surface area contributed by atoms with Crippen LogP contribution >= 0.6 is 11.6 Å². The molecule has 0 aliphatic carbocycles. The van der Waals surface area contributed by atoms with Crippen molar-refractivity contribution in [2.24, 2.45) is 0 Å². The van der Waals surface area contributed by atoms with Crippen LogP contribution in [-0.2, 0) is 4.79 Å². The fourth-order valence-electron chi connectivity index (χ4n) is 2.79. The summed E-state index contributed by atoms with van der Waals surface area (Å²) in [5.74, 6) is 0.842. The molecule has 2 heterocycles. The molecule has 5 heteroatoms. The number of rotatable bonds is 3. The normalized spacial score (nSPS) is 15.2. The first kappa shape index (κ1) is 16.4. The molecule has 0 saturated carbocycles. The fourth-order valence-corrected chi connectivity index (χ4v) is 3.02. The van der Waals surface area contributed by atoms with E-state index in [-0.39, 0.29) is 11.5 Å². The van der Waals surface area contributed by atoms with Crippen molar-refractivity contribution in [1.82, 2.24) is 4.90 Å². The summed E-state index contributed by atoms with van der Waals surface area (Å²) in [7, 11) is 0. The lowest BCUT2D eigenvalue weighted by molar-refractivity contribution is -0.127.